The molecule has 0 spiro atoms. The van der Waals surface area contributed by atoms with Gasteiger partial charge in [-0.3, -0.25) is 14.2 Å². The molecule has 0 fully saturated rings. The van der Waals surface area contributed by atoms with Gasteiger partial charge in [-0.2, -0.15) is 0 Å². The van der Waals surface area contributed by atoms with Gasteiger partial charge in [-0.25, -0.2) is 9.37 Å². The monoisotopic (exact) mass is 474 g/mol. The van der Waals surface area contributed by atoms with E-state index < -0.39 is 0 Å². The Morgan fingerprint density at radius 3 is 2.62 bits per heavy atom. The summed E-state index contributed by atoms with van der Waals surface area (Å²) >= 11 is 6.30. The Hall–Kier alpha value is -3.97. The number of aryl methyl sites for hydroxylation is 1. The molecule has 1 amide bonds. The van der Waals surface area contributed by atoms with Crippen LogP contribution in [0.15, 0.2) is 77.9 Å². The fraction of sp³-hybridized carbons (Fsp3) is 0.115. The zero-order valence-electron chi connectivity index (χ0n) is 18.3. The van der Waals surface area contributed by atoms with Gasteiger partial charge in [-0.05, 0) is 55.0 Å². The number of amides is 1. The van der Waals surface area contributed by atoms with E-state index in [-0.39, 0.29) is 30.4 Å². The summed E-state index contributed by atoms with van der Waals surface area (Å²) in [5.41, 5.74) is 3.61. The molecular weight excluding hydrogens is 455 g/mol. The Labute approximate surface area is 199 Å². The zero-order chi connectivity index (χ0) is 23.8. The second-order valence-corrected chi connectivity index (χ2v) is 8.54. The van der Waals surface area contributed by atoms with Crippen LogP contribution in [0, 0.1) is 12.7 Å². The molecule has 0 unspecified atom stereocenters. The minimum absolute atomic E-state index is 0.104. The molecule has 170 valence electrons. The molecule has 0 aliphatic carbocycles. The van der Waals surface area contributed by atoms with Crippen molar-refractivity contribution in [2.45, 2.75) is 20.0 Å². The van der Waals surface area contributed by atoms with Gasteiger partial charge in [0.25, 0.3) is 5.56 Å². The van der Waals surface area contributed by atoms with Crippen LogP contribution in [-0.4, -0.2) is 20.0 Å². The molecule has 0 aliphatic rings. The number of hydrogen-bond donors (Lipinski definition) is 1. The van der Waals surface area contributed by atoms with E-state index >= 15 is 0 Å². The maximum atomic E-state index is 13.6. The Kier molecular flexibility index (Phi) is 5.63. The highest BCUT2D eigenvalue weighted by Crippen LogP contribution is 2.27. The van der Waals surface area contributed by atoms with Gasteiger partial charge in [0.15, 0.2) is 0 Å². The smallest absolute Gasteiger partial charge is 0.278 e. The van der Waals surface area contributed by atoms with E-state index in [1.807, 2.05) is 43.3 Å². The van der Waals surface area contributed by atoms with Crippen LogP contribution in [0.1, 0.15) is 11.1 Å². The van der Waals surface area contributed by atoms with Crippen molar-refractivity contribution < 1.29 is 9.18 Å². The third kappa shape index (κ3) is 4.06. The number of hydrogen-bond acceptors (Lipinski definition) is 3. The lowest BCUT2D eigenvalue weighted by atomic mass is 10.1. The molecule has 0 bridgehead atoms. The fourth-order valence-electron chi connectivity index (χ4n) is 4.08. The molecule has 1 N–H and O–H groups in total. The Morgan fingerprint density at radius 2 is 1.85 bits per heavy atom. The number of benzene rings is 3. The third-order valence-electron chi connectivity index (χ3n) is 5.71. The van der Waals surface area contributed by atoms with Crippen molar-refractivity contribution in [1.82, 2.24) is 14.1 Å². The summed E-state index contributed by atoms with van der Waals surface area (Å²) < 4.78 is 16.4. The van der Waals surface area contributed by atoms with Gasteiger partial charge in [0.05, 0.1) is 18.4 Å². The Morgan fingerprint density at radius 1 is 1.09 bits per heavy atom. The fourth-order valence-corrected chi connectivity index (χ4v) is 4.27. The van der Waals surface area contributed by atoms with Crippen LogP contribution in [-0.2, 0) is 17.9 Å². The molecule has 3 aromatic carbocycles. The first kappa shape index (κ1) is 21.9. The first-order chi connectivity index (χ1) is 16.4. The second kappa shape index (κ2) is 8.76. The predicted molar refractivity (Wildman–Crippen MR) is 132 cm³/mol. The SMILES string of the molecule is Cc1ccc2c(c1)c1ncn(Cc3ccccc3Cl)c(=O)c1n2CC(=O)Nc1ccc(F)cc1. The van der Waals surface area contributed by atoms with E-state index in [9.17, 15) is 14.0 Å². The second-order valence-electron chi connectivity index (χ2n) is 8.13. The average molecular weight is 475 g/mol. The summed E-state index contributed by atoms with van der Waals surface area (Å²) in [7, 11) is 0. The van der Waals surface area contributed by atoms with E-state index in [1.165, 1.54) is 35.2 Å². The molecule has 34 heavy (non-hydrogen) atoms. The Balaban J connectivity index is 1.61. The number of anilines is 1. The van der Waals surface area contributed by atoms with Gasteiger partial charge >= 0.3 is 0 Å². The first-order valence-corrected chi connectivity index (χ1v) is 11.1. The van der Waals surface area contributed by atoms with Gasteiger partial charge in [0, 0.05) is 16.1 Å². The van der Waals surface area contributed by atoms with E-state index in [0.717, 1.165) is 22.0 Å². The summed E-state index contributed by atoms with van der Waals surface area (Å²) in [6.07, 6.45) is 1.51. The molecule has 0 aliphatic heterocycles. The Bertz CT molecular complexity index is 1610. The molecule has 6 nitrogen and oxygen atoms in total. The van der Waals surface area contributed by atoms with E-state index in [4.69, 9.17) is 11.6 Å². The molecule has 0 radical (unpaired) electrons. The number of nitrogens with one attached hydrogen (secondary N) is 1. The number of halogens is 2. The summed E-state index contributed by atoms with van der Waals surface area (Å²) in [6.45, 7) is 2.11. The molecule has 2 heterocycles. The maximum Gasteiger partial charge on any atom is 0.278 e. The normalized spacial score (nSPS) is 11.3. The minimum Gasteiger partial charge on any atom is -0.325 e. The largest absolute Gasteiger partial charge is 0.325 e. The quantitative estimate of drug-likeness (QED) is 0.383. The van der Waals surface area contributed by atoms with Crippen LogP contribution in [0.2, 0.25) is 5.02 Å². The van der Waals surface area contributed by atoms with Crippen molar-refractivity contribution in [2.24, 2.45) is 0 Å². The van der Waals surface area contributed by atoms with Gasteiger partial charge in [-0.15, -0.1) is 0 Å². The van der Waals surface area contributed by atoms with Crippen molar-refractivity contribution >= 4 is 45.1 Å². The molecule has 0 saturated carbocycles. The van der Waals surface area contributed by atoms with Crippen molar-refractivity contribution in [2.75, 3.05) is 5.32 Å². The van der Waals surface area contributed by atoms with Gasteiger partial charge < -0.3 is 9.88 Å². The van der Waals surface area contributed by atoms with E-state index in [2.05, 4.69) is 10.3 Å². The van der Waals surface area contributed by atoms with Gasteiger partial charge in [-0.1, -0.05) is 41.4 Å². The minimum atomic E-state index is -0.388. The highest BCUT2D eigenvalue weighted by molar-refractivity contribution is 6.31. The summed E-state index contributed by atoms with van der Waals surface area (Å²) in [4.78, 5) is 31.0. The van der Waals surface area contributed by atoms with Crippen LogP contribution < -0.4 is 10.9 Å². The number of fused-ring (bicyclic) bond motifs is 3. The standard InChI is InChI=1S/C26H20ClFN4O2/c1-16-6-11-22-20(12-16)24-25(32(22)14-23(33)30-19-9-7-18(28)8-10-19)26(34)31(15-29-24)13-17-4-2-3-5-21(17)27/h2-12,15H,13-14H2,1H3,(H,30,33). The molecule has 5 rings (SSSR count). The zero-order valence-corrected chi connectivity index (χ0v) is 19.0. The van der Waals surface area contributed by atoms with E-state index in [1.54, 1.807) is 10.6 Å². The highest BCUT2D eigenvalue weighted by atomic mass is 35.5. The van der Waals surface area contributed by atoms with Crippen molar-refractivity contribution in [1.29, 1.82) is 0 Å². The molecule has 2 aromatic heterocycles. The highest BCUT2D eigenvalue weighted by Gasteiger charge is 2.19. The summed E-state index contributed by atoms with van der Waals surface area (Å²) in [5, 5.41) is 4.11. The first-order valence-electron chi connectivity index (χ1n) is 10.7. The lowest BCUT2D eigenvalue weighted by Crippen LogP contribution is -2.25. The van der Waals surface area contributed by atoms with Crippen molar-refractivity contribution in [3.8, 4) is 0 Å². The van der Waals surface area contributed by atoms with Crippen LogP contribution in [0.3, 0.4) is 0 Å². The van der Waals surface area contributed by atoms with Crippen LogP contribution >= 0.6 is 11.6 Å². The number of aromatic nitrogens is 3. The molecular formula is C26H20ClFN4O2. The van der Waals surface area contributed by atoms with Crippen molar-refractivity contribution in [3.05, 3.63) is 105 Å². The number of carbonyl (C=O) groups is 1. The molecule has 5 aromatic rings. The van der Waals surface area contributed by atoms with Gasteiger partial charge in [0.1, 0.15) is 23.4 Å². The average Bonchev–Trinajstić information content (AvgIpc) is 3.11. The van der Waals surface area contributed by atoms with Crippen LogP contribution in [0.4, 0.5) is 10.1 Å². The molecule has 8 heteroatoms. The van der Waals surface area contributed by atoms with Crippen LogP contribution in [0.25, 0.3) is 21.9 Å². The summed E-state index contributed by atoms with van der Waals surface area (Å²) in [6, 6.07) is 18.6. The topological polar surface area (TPSA) is 68.9 Å². The molecule has 0 atom stereocenters. The number of carbonyl (C=O) groups excluding carboxylic acids is 1. The summed E-state index contributed by atoms with van der Waals surface area (Å²) in [5.74, 6) is -0.729. The number of rotatable bonds is 5. The molecule has 0 saturated heterocycles. The lowest BCUT2D eigenvalue weighted by Gasteiger charge is -2.10. The van der Waals surface area contributed by atoms with Gasteiger partial charge in [0.2, 0.25) is 5.91 Å². The lowest BCUT2D eigenvalue weighted by molar-refractivity contribution is -0.116. The maximum absolute atomic E-state index is 13.6. The van der Waals surface area contributed by atoms with Crippen LogP contribution in [0.5, 0.6) is 0 Å². The van der Waals surface area contributed by atoms with Crippen molar-refractivity contribution in [3.63, 3.8) is 0 Å². The van der Waals surface area contributed by atoms with E-state index in [0.29, 0.717) is 21.7 Å². The predicted octanol–water partition coefficient (Wildman–Crippen LogP) is 5.14. The third-order valence-corrected chi connectivity index (χ3v) is 6.08. The number of nitrogens with zero attached hydrogens (tertiary/aromatic N) is 3.